The van der Waals surface area contributed by atoms with Crippen LogP contribution in [0.5, 0.6) is 0 Å². The predicted molar refractivity (Wildman–Crippen MR) is 149 cm³/mol. The number of carbonyl (C=O) groups excluding carboxylic acids is 3. The number of nitrogens with zero attached hydrogens (tertiary/aromatic N) is 1. The summed E-state index contributed by atoms with van der Waals surface area (Å²) in [6.07, 6.45) is 0.169. The fourth-order valence-electron chi connectivity index (χ4n) is 4.44. The Bertz CT molecular complexity index is 1240. The lowest BCUT2D eigenvalue weighted by atomic mass is 9.80. The van der Waals surface area contributed by atoms with Gasteiger partial charge in [-0.05, 0) is 45.0 Å². The molecule has 1 aliphatic heterocycles. The maximum Gasteiger partial charge on any atom is 0.336 e. The van der Waals surface area contributed by atoms with Crippen molar-refractivity contribution in [2.24, 2.45) is 0 Å². The van der Waals surface area contributed by atoms with Gasteiger partial charge in [0.25, 0.3) is 0 Å². The first-order chi connectivity index (χ1) is 18.8. The van der Waals surface area contributed by atoms with Gasteiger partial charge in [-0.15, -0.1) is 0 Å². The number of dihydropyridines is 1. The molecule has 208 valence electrons. The molecule has 2 aromatic carbocycles. The molecular formula is C30H35ClN2O6. The fourth-order valence-corrected chi connectivity index (χ4v) is 4.69. The van der Waals surface area contributed by atoms with Crippen LogP contribution in [-0.4, -0.2) is 56.2 Å². The minimum Gasteiger partial charge on any atom is -0.463 e. The average molecular weight is 555 g/mol. The number of hydrogen-bond acceptors (Lipinski definition) is 8. The van der Waals surface area contributed by atoms with Crippen LogP contribution in [0.25, 0.3) is 0 Å². The summed E-state index contributed by atoms with van der Waals surface area (Å²) < 4.78 is 16.3. The SMILES string of the molecule is CCOC(=O)C1=C(C)NC(COC(=O)CCN(C)Cc2ccccc2)=C(C(=O)OCC)C1c1ccccc1Cl. The summed E-state index contributed by atoms with van der Waals surface area (Å²) in [6, 6.07) is 16.9. The lowest BCUT2D eigenvalue weighted by Gasteiger charge is -2.31. The molecule has 0 spiro atoms. The summed E-state index contributed by atoms with van der Waals surface area (Å²) in [6.45, 7) is 6.38. The number of ether oxygens (including phenoxy) is 3. The van der Waals surface area contributed by atoms with E-state index in [0.717, 1.165) is 5.56 Å². The highest BCUT2D eigenvalue weighted by atomic mass is 35.5. The van der Waals surface area contributed by atoms with Crippen LogP contribution in [-0.2, 0) is 35.1 Å². The topological polar surface area (TPSA) is 94.2 Å². The second kappa shape index (κ2) is 14.5. The maximum atomic E-state index is 13.3. The van der Waals surface area contributed by atoms with Gasteiger partial charge >= 0.3 is 17.9 Å². The zero-order chi connectivity index (χ0) is 28.4. The van der Waals surface area contributed by atoms with Gasteiger partial charge in [0, 0.05) is 23.8 Å². The summed E-state index contributed by atoms with van der Waals surface area (Å²) in [7, 11) is 1.93. The van der Waals surface area contributed by atoms with Crippen molar-refractivity contribution in [1.29, 1.82) is 0 Å². The molecule has 8 nitrogen and oxygen atoms in total. The third-order valence-electron chi connectivity index (χ3n) is 6.22. The van der Waals surface area contributed by atoms with Gasteiger partial charge in [0.1, 0.15) is 6.61 Å². The molecule has 0 radical (unpaired) electrons. The molecule has 1 aliphatic rings. The second-order valence-corrected chi connectivity index (χ2v) is 9.49. The van der Waals surface area contributed by atoms with Crippen molar-refractivity contribution in [2.75, 3.05) is 33.4 Å². The maximum absolute atomic E-state index is 13.3. The third kappa shape index (κ3) is 7.94. The number of nitrogens with one attached hydrogen (secondary N) is 1. The number of carbonyl (C=O) groups is 3. The number of hydrogen-bond donors (Lipinski definition) is 1. The molecule has 0 aliphatic carbocycles. The van der Waals surface area contributed by atoms with Crippen molar-refractivity contribution < 1.29 is 28.6 Å². The smallest absolute Gasteiger partial charge is 0.336 e. The summed E-state index contributed by atoms with van der Waals surface area (Å²) in [5.41, 5.74) is 2.87. The second-order valence-electron chi connectivity index (χ2n) is 9.09. The summed E-state index contributed by atoms with van der Waals surface area (Å²) >= 11 is 6.54. The summed E-state index contributed by atoms with van der Waals surface area (Å²) in [5.74, 6) is -2.51. The van der Waals surface area contributed by atoms with Gasteiger partial charge in [-0.1, -0.05) is 60.1 Å². The average Bonchev–Trinajstić information content (AvgIpc) is 2.91. The minimum absolute atomic E-state index is 0.121. The van der Waals surface area contributed by atoms with Crippen LogP contribution in [0, 0.1) is 0 Å². The van der Waals surface area contributed by atoms with Crippen molar-refractivity contribution in [3.8, 4) is 0 Å². The Morgan fingerprint density at radius 2 is 1.51 bits per heavy atom. The zero-order valence-electron chi connectivity index (χ0n) is 22.8. The molecule has 0 saturated heterocycles. The Balaban J connectivity index is 1.85. The van der Waals surface area contributed by atoms with Crippen LogP contribution in [0.2, 0.25) is 5.02 Å². The molecule has 2 aromatic rings. The van der Waals surface area contributed by atoms with Crippen LogP contribution in [0.15, 0.2) is 77.1 Å². The summed E-state index contributed by atoms with van der Waals surface area (Å²) in [4.78, 5) is 41.0. The normalized spacial score (nSPS) is 15.2. The van der Waals surface area contributed by atoms with Gasteiger partial charge in [-0.3, -0.25) is 4.79 Å². The van der Waals surface area contributed by atoms with E-state index >= 15 is 0 Å². The molecule has 3 rings (SSSR count). The predicted octanol–water partition coefficient (Wildman–Crippen LogP) is 4.75. The molecule has 0 aromatic heterocycles. The molecule has 0 bridgehead atoms. The van der Waals surface area contributed by atoms with Crippen LogP contribution in [0.1, 0.15) is 44.2 Å². The number of rotatable bonds is 12. The Labute approximate surface area is 234 Å². The van der Waals surface area contributed by atoms with Gasteiger partial charge in [0.15, 0.2) is 0 Å². The van der Waals surface area contributed by atoms with Crippen molar-refractivity contribution >= 4 is 29.5 Å². The highest BCUT2D eigenvalue weighted by Gasteiger charge is 2.40. The van der Waals surface area contributed by atoms with E-state index in [0.29, 0.717) is 35.1 Å². The number of halogens is 1. The van der Waals surface area contributed by atoms with Crippen LogP contribution in [0.3, 0.4) is 0 Å². The van der Waals surface area contributed by atoms with Crippen molar-refractivity contribution in [2.45, 2.75) is 39.7 Å². The lowest BCUT2D eigenvalue weighted by Crippen LogP contribution is -2.35. The first-order valence-electron chi connectivity index (χ1n) is 12.9. The van der Waals surface area contributed by atoms with E-state index in [2.05, 4.69) is 5.32 Å². The first kappa shape index (κ1) is 29.9. The van der Waals surface area contributed by atoms with Crippen molar-refractivity contribution in [1.82, 2.24) is 10.2 Å². The lowest BCUT2D eigenvalue weighted by molar-refractivity contribution is -0.144. The molecule has 0 saturated carbocycles. The van der Waals surface area contributed by atoms with Gasteiger partial charge in [-0.2, -0.15) is 0 Å². The van der Waals surface area contributed by atoms with Crippen LogP contribution in [0.4, 0.5) is 0 Å². The van der Waals surface area contributed by atoms with Gasteiger partial charge in [0.2, 0.25) is 0 Å². The van der Waals surface area contributed by atoms with Crippen molar-refractivity contribution in [3.05, 3.63) is 93.3 Å². The molecule has 0 fully saturated rings. The largest absolute Gasteiger partial charge is 0.463 e. The molecule has 1 heterocycles. The molecular weight excluding hydrogens is 520 g/mol. The van der Waals surface area contributed by atoms with Crippen LogP contribution >= 0.6 is 11.6 Å². The standard InChI is InChI=1S/C30H35ClN2O6/c1-5-37-29(35)26-20(3)32-24(19-39-25(34)16-17-33(4)18-21-12-8-7-9-13-21)28(30(36)38-6-2)27(26)22-14-10-11-15-23(22)31/h7-15,27,32H,5-6,16-19H2,1-4H3. The molecule has 0 amide bonds. The Morgan fingerprint density at radius 3 is 2.15 bits per heavy atom. The Kier molecular flexibility index (Phi) is 11.1. The molecule has 1 unspecified atom stereocenters. The van der Waals surface area contributed by atoms with E-state index in [1.54, 1.807) is 45.0 Å². The fraction of sp³-hybridized carbons (Fsp3) is 0.367. The van der Waals surface area contributed by atoms with Gasteiger partial charge in [0.05, 0.1) is 42.4 Å². The third-order valence-corrected chi connectivity index (χ3v) is 6.57. The van der Waals surface area contributed by atoms with E-state index in [1.165, 1.54) is 0 Å². The zero-order valence-corrected chi connectivity index (χ0v) is 23.5. The highest BCUT2D eigenvalue weighted by molar-refractivity contribution is 6.31. The molecule has 1 N–H and O–H groups in total. The number of allylic oxidation sites excluding steroid dienone is 1. The number of benzene rings is 2. The monoisotopic (exact) mass is 554 g/mol. The summed E-state index contributed by atoms with van der Waals surface area (Å²) in [5, 5.41) is 3.47. The Hall–Kier alpha value is -3.62. The van der Waals surface area contributed by atoms with Crippen molar-refractivity contribution in [3.63, 3.8) is 0 Å². The number of esters is 3. The van der Waals surface area contributed by atoms with E-state index in [1.807, 2.05) is 42.3 Å². The van der Waals surface area contributed by atoms with Gasteiger partial charge in [-0.25, -0.2) is 9.59 Å². The quantitative estimate of drug-likeness (QED) is 0.297. The molecule has 9 heteroatoms. The van der Waals surface area contributed by atoms with Crippen LogP contribution < -0.4 is 5.32 Å². The van der Waals surface area contributed by atoms with E-state index in [-0.39, 0.29) is 37.4 Å². The van der Waals surface area contributed by atoms with E-state index in [9.17, 15) is 14.4 Å². The minimum atomic E-state index is -0.872. The first-order valence-corrected chi connectivity index (χ1v) is 13.3. The highest BCUT2D eigenvalue weighted by Crippen LogP contribution is 2.42. The molecule has 39 heavy (non-hydrogen) atoms. The Morgan fingerprint density at radius 1 is 0.897 bits per heavy atom. The molecule has 1 atom stereocenters. The van der Waals surface area contributed by atoms with E-state index < -0.39 is 23.8 Å². The van der Waals surface area contributed by atoms with E-state index in [4.69, 9.17) is 25.8 Å². The van der Waals surface area contributed by atoms with Gasteiger partial charge < -0.3 is 24.4 Å².